The summed E-state index contributed by atoms with van der Waals surface area (Å²) in [5, 5.41) is 7.66. The lowest BCUT2D eigenvalue weighted by Gasteiger charge is -2.03. The quantitative estimate of drug-likeness (QED) is 0.837. The molecule has 0 aliphatic heterocycles. The standard InChI is InChI=1S/C9H8BrN3O2/c1-5-12-13-9(15-5)7-3-6(10)4-11-8(7)14-2/h3-4H,1-2H3. The van der Waals surface area contributed by atoms with Crippen molar-refractivity contribution in [3.63, 3.8) is 0 Å². The van der Waals surface area contributed by atoms with Gasteiger partial charge in [0.15, 0.2) is 0 Å². The lowest BCUT2D eigenvalue weighted by atomic mass is 10.3. The van der Waals surface area contributed by atoms with Gasteiger partial charge >= 0.3 is 0 Å². The number of rotatable bonds is 2. The van der Waals surface area contributed by atoms with Gasteiger partial charge < -0.3 is 9.15 Å². The molecular weight excluding hydrogens is 262 g/mol. The molecule has 0 atom stereocenters. The van der Waals surface area contributed by atoms with Crippen LogP contribution in [0.25, 0.3) is 11.5 Å². The van der Waals surface area contributed by atoms with E-state index in [1.165, 1.54) is 0 Å². The minimum Gasteiger partial charge on any atom is -0.480 e. The van der Waals surface area contributed by atoms with Crippen LogP contribution in [0.15, 0.2) is 21.2 Å². The third kappa shape index (κ3) is 1.99. The number of aryl methyl sites for hydroxylation is 1. The number of methoxy groups -OCH3 is 1. The Hall–Kier alpha value is -1.43. The second-order valence-corrected chi connectivity index (χ2v) is 3.75. The van der Waals surface area contributed by atoms with Crippen molar-refractivity contribution in [3.8, 4) is 17.3 Å². The summed E-state index contributed by atoms with van der Waals surface area (Å²) in [4.78, 5) is 4.09. The van der Waals surface area contributed by atoms with Crippen LogP contribution in [0, 0.1) is 6.92 Å². The summed E-state index contributed by atoms with van der Waals surface area (Å²) in [7, 11) is 1.54. The first-order valence-electron chi connectivity index (χ1n) is 4.20. The first kappa shape index (κ1) is 10.1. The van der Waals surface area contributed by atoms with E-state index in [0.29, 0.717) is 23.2 Å². The average molecular weight is 270 g/mol. The van der Waals surface area contributed by atoms with Crippen LogP contribution in [0.3, 0.4) is 0 Å². The van der Waals surface area contributed by atoms with Gasteiger partial charge in [0.1, 0.15) is 5.56 Å². The van der Waals surface area contributed by atoms with Crippen molar-refractivity contribution in [1.29, 1.82) is 0 Å². The second-order valence-electron chi connectivity index (χ2n) is 2.84. The zero-order valence-electron chi connectivity index (χ0n) is 8.19. The van der Waals surface area contributed by atoms with Crippen LogP contribution in [0.5, 0.6) is 5.88 Å². The zero-order chi connectivity index (χ0) is 10.8. The molecule has 15 heavy (non-hydrogen) atoms. The monoisotopic (exact) mass is 269 g/mol. The summed E-state index contributed by atoms with van der Waals surface area (Å²) >= 11 is 3.32. The van der Waals surface area contributed by atoms with Crippen LogP contribution >= 0.6 is 15.9 Å². The first-order valence-corrected chi connectivity index (χ1v) is 5.00. The van der Waals surface area contributed by atoms with Crippen molar-refractivity contribution in [2.75, 3.05) is 7.11 Å². The Labute approximate surface area is 94.6 Å². The third-order valence-electron chi connectivity index (χ3n) is 1.77. The molecule has 0 fully saturated rings. The summed E-state index contributed by atoms with van der Waals surface area (Å²) < 4.78 is 11.2. The highest BCUT2D eigenvalue weighted by molar-refractivity contribution is 9.10. The fourth-order valence-electron chi connectivity index (χ4n) is 1.15. The van der Waals surface area contributed by atoms with Crippen LogP contribution in [0.4, 0.5) is 0 Å². The Morgan fingerprint density at radius 2 is 2.20 bits per heavy atom. The molecule has 0 radical (unpaired) electrons. The van der Waals surface area contributed by atoms with Crippen molar-refractivity contribution in [2.24, 2.45) is 0 Å². The van der Waals surface area contributed by atoms with E-state index in [2.05, 4.69) is 31.1 Å². The largest absolute Gasteiger partial charge is 0.480 e. The van der Waals surface area contributed by atoms with E-state index in [-0.39, 0.29) is 0 Å². The molecule has 0 N–H and O–H groups in total. The van der Waals surface area contributed by atoms with Gasteiger partial charge in [-0.1, -0.05) is 0 Å². The molecular formula is C9H8BrN3O2. The average Bonchev–Trinajstić information content (AvgIpc) is 2.65. The highest BCUT2D eigenvalue weighted by atomic mass is 79.9. The Bertz CT molecular complexity index is 484. The topological polar surface area (TPSA) is 61.0 Å². The van der Waals surface area contributed by atoms with Crippen LogP contribution in [0.1, 0.15) is 5.89 Å². The number of aromatic nitrogens is 3. The number of halogens is 1. The van der Waals surface area contributed by atoms with E-state index >= 15 is 0 Å². The van der Waals surface area contributed by atoms with Gasteiger partial charge in [-0.05, 0) is 22.0 Å². The van der Waals surface area contributed by atoms with Gasteiger partial charge in [0.2, 0.25) is 11.8 Å². The summed E-state index contributed by atoms with van der Waals surface area (Å²) in [6, 6.07) is 1.82. The minimum absolute atomic E-state index is 0.401. The SMILES string of the molecule is COc1ncc(Br)cc1-c1nnc(C)o1. The molecule has 2 aromatic rings. The van der Waals surface area contributed by atoms with Crippen LogP contribution in [-0.2, 0) is 0 Å². The van der Waals surface area contributed by atoms with Gasteiger partial charge in [-0.2, -0.15) is 0 Å². The third-order valence-corrected chi connectivity index (χ3v) is 2.20. The van der Waals surface area contributed by atoms with Crippen LogP contribution in [-0.4, -0.2) is 22.3 Å². The second kappa shape index (κ2) is 3.98. The molecule has 2 rings (SSSR count). The van der Waals surface area contributed by atoms with Crippen molar-refractivity contribution in [1.82, 2.24) is 15.2 Å². The molecule has 0 aliphatic rings. The Morgan fingerprint density at radius 1 is 1.40 bits per heavy atom. The van der Waals surface area contributed by atoms with E-state index < -0.39 is 0 Å². The van der Waals surface area contributed by atoms with Crippen molar-refractivity contribution in [2.45, 2.75) is 6.92 Å². The molecule has 0 saturated heterocycles. The van der Waals surface area contributed by atoms with E-state index in [9.17, 15) is 0 Å². The lowest BCUT2D eigenvalue weighted by Crippen LogP contribution is -1.91. The zero-order valence-corrected chi connectivity index (χ0v) is 9.78. The molecule has 0 amide bonds. The summed E-state index contributed by atoms with van der Waals surface area (Å²) in [5.41, 5.74) is 0.674. The highest BCUT2D eigenvalue weighted by Crippen LogP contribution is 2.29. The minimum atomic E-state index is 0.401. The van der Waals surface area contributed by atoms with E-state index in [1.54, 1.807) is 20.2 Å². The predicted molar refractivity (Wildman–Crippen MR) is 56.5 cm³/mol. The molecule has 0 unspecified atom stereocenters. The van der Waals surface area contributed by atoms with Gasteiger partial charge in [-0.25, -0.2) is 4.98 Å². The molecule has 2 heterocycles. The van der Waals surface area contributed by atoms with Gasteiger partial charge in [0, 0.05) is 17.6 Å². The van der Waals surface area contributed by atoms with E-state index in [0.717, 1.165) is 4.47 Å². The Morgan fingerprint density at radius 3 is 2.80 bits per heavy atom. The summed E-state index contributed by atoms with van der Waals surface area (Å²) in [6.07, 6.45) is 1.64. The maximum absolute atomic E-state index is 5.30. The molecule has 0 aromatic carbocycles. The number of hydrogen-bond acceptors (Lipinski definition) is 5. The molecule has 2 aromatic heterocycles. The smallest absolute Gasteiger partial charge is 0.253 e. The molecule has 6 heteroatoms. The van der Waals surface area contributed by atoms with Crippen molar-refractivity contribution < 1.29 is 9.15 Å². The van der Waals surface area contributed by atoms with Crippen molar-refractivity contribution >= 4 is 15.9 Å². The summed E-state index contributed by atoms with van der Waals surface area (Å²) in [5.74, 6) is 1.37. The molecule has 0 bridgehead atoms. The fraction of sp³-hybridized carbons (Fsp3) is 0.222. The molecule has 0 aliphatic carbocycles. The highest BCUT2D eigenvalue weighted by Gasteiger charge is 2.13. The molecule has 0 saturated carbocycles. The molecule has 5 nitrogen and oxygen atoms in total. The van der Waals surface area contributed by atoms with E-state index in [1.807, 2.05) is 6.07 Å². The fourth-order valence-corrected chi connectivity index (χ4v) is 1.48. The van der Waals surface area contributed by atoms with E-state index in [4.69, 9.17) is 9.15 Å². The number of hydrogen-bond donors (Lipinski definition) is 0. The predicted octanol–water partition coefficient (Wildman–Crippen LogP) is 2.21. The van der Waals surface area contributed by atoms with Crippen molar-refractivity contribution in [3.05, 3.63) is 22.6 Å². The van der Waals surface area contributed by atoms with Gasteiger partial charge in [-0.3, -0.25) is 0 Å². The molecule has 0 spiro atoms. The lowest BCUT2D eigenvalue weighted by molar-refractivity contribution is 0.397. The Kier molecular flexibility index (Phi) is 2.68. The van der Waals surface area contributed by atoms with Gasteiger partial charge in [0.05, 0.1) is 7.11 Å². The number of pyridine rings is 1. The van der Waals surface area contributed by atoms with Crippen LogP contribution < -0.4 is 4.74 Å². The Balaban J connectivity index is 2.55. The van der Waals surface area contributed by atoms with Gasteiger partial charge in [0.25, 0.3) is 5.89 Å². The van der Waals surface area contributed by atoms with Gasteiger partial charge in [-0.15, -0.1) is 10.2 Å². The maximum Gasteiger partial charge on any atom is 0.253 e. The van der Waals surface area contributed by atoms with Crippen LogP contribution in [0.2, 0.25) is 0 Å². The summed E-state index contributed by atoms with van der Waals surface area (Å²) in [6.45, 7) is 1.73. The normalized spacial score (nSPS) is 10.3. The molecule has 78 valence electrons. The number of ether oxygens (including phenoxy) is 1. The maximum atomic E-state index is 5.30. The number of nitrogens with zero attached hydrogens (tertiary/aromatic N) is 3. The first-order chi connectivity index (χ1) is 7.20.